The van der Waals surface area contributed by atoms with Gasteiger partial charge in [-0.05, 0) is 36.8 Å². The van der Waals surface area contributed by atoms with Gasteiger partial charge in [-0.1, -0.05) is 0 Å². The quantitative estimate of drug-likeness (QED) is 0.655. The van der Waals surface area contributed by atoms with Crippen LogP contribution in [0, 0.1) is 15.9 Å². The first kappa shape index (κ1) is 16.6. The molecule has 130 valence electrons. The largest absolute Gasteiger partial charge is 0.349 e. The van der Waals surface area contributed by atoms with Gasteiger partial charge in [0.1, 0.15) is 5.82 Å². The van der Waals surface area contributed by atoms with Crippen molar-refractivity contribution >= 4 is 23.2 Å². The standard InChI is InChI=1S/C16H16FN5O3/c17-11-3-5-12(6-4-11)19-16(23)20-13-7-9-21(10-13)15-14(22(24)25)2-1-8-18-15/h1-6,8,13H,7,9-10H2,(H2,19,20,23)/t13-/m0/s1. The molecule has 2 aromatic rings. The third kappa shape index (κ3) is 4.00. The number of carbonyl (C=O) groups excluding carboxylic acids is 1. The van der Waals surface area contributed by atoms with E-state index < -0.39 is 11.0 Å². The van der Waals surface area contributed by atoms with Gasteiger partial charge in [-0.2, -0.15) is 0 Å². The number of hydrogen-bond donors (Lipinski definition) is 2. The summed E-state index contributed by atoms with van der Waals surface area (Å²) < 4.78 is 12.9. The van der Waals surface area contributed by atoms with Crippen molar-refractivity contribution < 1.29 is 14.1 Å². The number of aromatic nitrogens is 1. The number of benzene rings is 1. The van der Waals surface area contributed by atoms with E-state index in [0.717, 1.165) is 0 Å². The first-order valence-corrected chi connectivity index (χ1v) is 7.70. The van der Waals surface area contributed by atoms with Crippen LogP contribution in [0.2, 0.25) is 0 Å². The number of nitrogens with one attached hydrogen (secondary N) is 2. The second-order valence-corrected chi connectivity index (χ2v) is 5.64. The van der Waals surface area contributed by atoms with Crippen LogP contribution in [0.1, 0.15) is 6.42 Å². The van der Waals surface area contributed by atoms with Crippen LogP contribution in [-0.2, 0) is 0 Å². The van der Waals surface area contributed by atoms with Crippen molar-refractivity contribution in [1.82, 2.24) is 10.3 Å². The minimum absolute atomic E-state index is 0.0566. The molecule has 1 saturated heterocycles. The molecule has 2 amide bonds. The van der Waals surface area contributed by atoms with Crippen LogP contribution >= 0.6 is 0 Å². The zero-order valence-corrected chi connectivity index (χ0v) is 13.2. The van der Waals surface area contributed by atoms with E-state index in [9.17, 15) is 19.3 Å². The van der Waals surface area contributed by atoms with Crippen molar-refractivity contribution in [3.63, 3.8) is 0 Å². The van der Waals surface area contributed by atoms with E-state index in [4.69, 9.17) is 0 Å². The third-order valence-corrected chi connectivity index (χ3v) is 3.89. The second kappa shape index (κ2) is 7.12. The predicted octanol–water partition coefficient (Wildman–Crippen LogP) is 2.53. The number of urea groups is 1. The molecule has 0 spiro atoms. The van der Waals surface area contributed by atoms with Crippen LogP contribution in [0.5, 0.6) is 0 Å². The van der Waals surface area contributed by atoms with Crippen LogP contribution in [0.25, 0.3) is 0 Å². The molecular formula is C16H16FN5O3. The average Bonchev–Trinajstić information content (AvgIpc) is 3.05. The molecule has 0 unspecified atom stereocenters. The number of halogens is 1. The Morgan fingerprint density at radius 2 is 2.08 bits per heavy atom. The van der Waals surface area contributed by atoms with Gasteiger partial charge in [0.15, 0.2) is 0 Å². The summed E-state index contributed by atoms with van der Waals surface area (Å²) in [6.07, 6.45) is 2.15. The number of rotatable bonds is 4. The smallest absolute Gasteiger partial charge is 0.319 e. The van der Waals surface area contributed by atoms with Gasteiger partial charge in [0.05, 0.1) is 4.92 Å². The lowest BCUT2D eigenvalue weighted by Crippen LogP contribution is -2.39. The number of nitro groups is 1. The normalized spacial score (nSPS) is 16.5. The molecule has 8 nitrogen and oxygen atoms in total. The first-order chi connectivity index (χ1) is 12.0. The second-order valence-electron chi connectivity index (χ2n) is 5.64. The molecule has 0 radical (unpaired) electrons. The highest BCUT2D eigenvalue weighted by Gasteiger charge is 2.29. The lowest BCUT2D eigenvalue weighted by Gasteiger charge is -2.18. The molecule has 1 aromatic heterocycles. The summed E-state index contributed by atoms with van der Waals surface area (Å²) >= 11 is 0. The Hall–Kier alpha value is -3.23. The van der Waals surface area contributed by atoms with Crippen molar-refractivity contribution in [3.8, 4) is 0 Å². The van der Waals surface area contributed by atoms with E-state index >= 15 is 0 Å². The van der Waals surface area contributed by atoms with Crippen molar-refractivity contribution in [2.45, 2.75) is 12.5 Å². The Kier molecular flexibility index (Phi) is 4.73. The van der Waals surface area contributed by atoms with Crippen molar-refractivity contribution in [1.29, 1.82) is 0 Å². The van der Waals surface area contributed by atoms with Crippen LogP contribution in [-0.4, -0.2) is 35.1 Å². The summed E-state index contributed by atoms with van der Waals surface area (Å²) in [5.41, 5.74) is 0.424. The molecule has 1 aromatic carbocycles. The van der Waals surface area contributed by atoms with Gasteiger partial charge < -0.3 is 15.5 Å². The number of amides is 2. The Morgan fingerprint density at radius 1 is 1.32 bits per heavy atom. The van der Waals surface area contributed by atoms with Crippen LogP contribution in [0.15, 0.2) is 42.6 Å². The highest BCUT2D eigenvalue weighted by molar-refractivity contribution is 5.89. The van der Waals surface area contributed by atoms with Crippen LogP contribution in [0.4, 0.5) is 26.4 Å². The van der Waals surface area contributed by atoms with E-state index in [1.165, 1.54) is 42.6 Å². The molecule has 1 aliphatic rings. The molecule has 2 N–H and O–H groups in total. The molecule has 0 saturated carbocycles. The average molecular weight is 345 g/mol. The van der Waals surface area contributed by atoms with Crippen molar-refractivity contribution in [2.75, 3.05) is 23.3 Å². The summed E-state index contributed by atoms with van der Waals surface area (Å²) in [6, 6.07) is 7.80. The zero-order chi connectivity index (χ0) is 17.8. The van der Waals surface area contributed by atoms with E-state index in [2.05, 4.69) is 15.6 Å². The van der Waals surface area contributed by atoms with Gasteiger partial charge in [-0.15, -0.1) is 0 Å². The van der Waals surface area contributed by atoms with Gasteiger partial charge in [0.2, 0.25) is 5.82 Å². The monoisotopic (exact) mass is 345 g/mol. The maximum absolute atomic E-state index is 12.9. The fraction of sp³-hybridized carbons (Fsp3) is 0.250. The summed E-state index contributed by atoms with van der Waals surface area (Å²) in [4.78, 5) is 28.5. The number of pyridine rings is 1. The Labute approximate surface area is 142 Å². The predicted molar refractivity (Wildman–Crippen MR) is 90.1 cm³/mol. The third-order valence-electron chi connectivity index (χ3n) is 3.89. The molecule has 0 aliphatic carbocycles. The number of hydrogen-bond acceptors (Lipinski definition) is 5. The van der Waals surface area contributed by atoms with Gasteiger partial charge in [0, 0.05) is 37.1 Å². The van der Waals surface area contributed by atoms with Gasteiger partial charge in [-0.3, -0.25) is 10.1 Å². The van der Waals surface area contributed by atoms with E-state index in [1.54, 1.807) is 4.90 Å². The Morgan fingerprint density at radius 3 is 2.80 bits per heavy atom. The number of nitrogens with zero attached hydrogens (tertiary/aromatic N) is 3. The van der Waals surface area contributed by atoms with Gasteiger partial charge in [0.25, 0.3) is 0 Å². The molecule has 3 rings (SSSR count). The highest BCUT2D eigenvalue weighted by Crippen LogP contribution is 2.27. The fourth-order valence-corrected chi connectivity index (χ4v) is 2.73. The molecule has 9 heteroatoms. The zero-order valence-electron chi connectivity index (χ0n) is 13.2. The molecule has 1 atom stereocenters. The molecule has 2 heterocycles. The lowest BCUT2D eigenvalue weighted by molar-refractivity contribution is -0.384. The maximum Gasteiger partial charge on any atom is 0.319 e. The molecule has 1 aliphatic heterocycles. The van der Waals surface area contributed by atoms with Gasteiger partial charge in [-0.25, -0.2) is 14.2 Å². The fourth-order valence-electron chi connectivity index (χ4n) is 2.73. The van der Waals surface area contributed by atoms with E-state index in [-0.39, 0.29) is 17.5 Å². The minimum Gasteiger partial charge on any atom is -0.349 e. The molecule has 1 fully saturated rings. The number of carbonyl (C=O) groups is 1. The lowest BCUT2D eigenvalue weighted by atomic mass is 10.2. The minimum atomic E-state index is -0.468. The Bertz CT molecular complexity index is 784. The summed E-state index contributed by atoms with van der Waals surface area (Å²) in [5, 5.41) is 16.5. The molecular weight excluding hydrogens is 329 g/mol. The molecule has 25 heavy (non-hydrogen) atoms. The van der Waals surface area contributed by atoms with Crippen molar-refractivity contribution in [2.24, 2.45) is 0 Å². The summed E-state index contributed by atoms with van der Waals surface area (Å²) in [5.74, 6) is -0.0786. The molecule has 0 bridgehead atoms. The first-order valence-electron chi connectivity index (χ1n) is 7.70. The summed E-state index contributed by atoms with van der Waals surface area (Å²) in [6.45, 7) is 0.980. The SMILES string of the molecule is O=C(Nc1ccc(F)cc1)N[C@H]1CCN(c2ncccc2[N+](=O)[O-])C1. The van der Waals surface area contributed by atoms with Gasteiger partial charge >= 0.3 is 11.7 Å². The van der Waals surface area contributed by atoms with Crippen LogP contribution < -0.4 is 15.5 Å². The van der Waals surface area contributed by atoms with Crippen LogP contribution in [0.3, 0.4) is 0 Å². The maximum atomic E-state index is 12.9. The van der Waals surface area contributed by atoms with Crippen molar-refractivity contribution in [3.05, 3.63) is 58.5 Å². The van der Waals surface area contributed by atoms with E-state index in [1.807, 2.05) is 0 Å². The van der Waals surface area contributed by atoms with E-state index in [0.29, 0.717) is 31.0 Å². The number of anilines is 2. The Balaban J connectivity index is 1.59. The summed E-state index contributed by atoms with van der Waals surface area (Å²) in [7, 11) is 0. The highest BCUT2D eigenvalue weighted by atomic mass is 19.1. The topological polar surface area (TPSA) is 100 Å².